The predicted octanol–water partition coefficient (Wildman–Crippen LogP) is 4.48. The maximum absolute atomic E-state index is 12.0. The molecule has 1 N–H and O–H groups in total. The number of thioether (sulfide) groups is 1. The van der Waals surface area contributed by atoms with Gasteiger partial charge in [0.2, 0.25) is 5.91 Å². The summed E-state index contributed by atoms with van der Waals surface area (Å²) in [5, 5.41) is 4.12. The second-order valence-corrected chi connectivity index (χ2v) is 7.25. The smallest absolute Gasteiger partial charge is 0.250 e. The predicted molar refractivity (Wildman–Crippen MR) is 114 cm³/mol. The largest absolute Gasteiger partial charge is 0.318 e. The molecule has 0 bridgehead atoms. The van der Waals surface area contributed by atoms with Crippen molar-refractivity contribution in [1.29, 1.82) is 0 Å². The molecule has 1 aromatic heterocycles. The highest BCUT2D eigenvalue weighted by atomic mass is 32.2. The summed E-state index contributed by atoms with van der Waals surface area (Å²) in [6.07, 6.45) is 1.71. The van der Waals surface area contributed by atoms with E-state index in [1.165, 1.54) is 5.56 Å². The number of aromatic nitrogens is 1. The lowest BCUT2D eigenvalue weighted by molar-refractivity contribution is -0.118. The summed E-state index contributed by atoms with van der Waals surface area (Å²) in [5.41, 5.74) is 8.16. The molecule has 0 saturated carbocycles. The molecule has 3 rings (SSSR count). The van der Waals surface area contributed by atoms with Crippen molar-refractivity contribution in [3.63, 3.8) is 0 Å². The van der Waals surface area contributed by atoms with Gasteiger partial charge in [-0.3, -0.25) is 4.79 Å². The second-order valence-electron chi connectivity index (χ2n) is 6.27. The molecular formula is C22H23N3OS. The Labute approximate surface area is 164 Å². The van der Waals surface area contributed by atoms with E-state index in [4.69, 9.17) is 0 Å². The van der Waals surface area contributed by atoms with Crippen LogP contribution in [0.2, 0.25) is 0 Å². The number of aryl methyl sites for hydroxylation is 1. The van der Waals surface area contributed by atoms with Gasteiger partial charge in [0, 0.05) is 28.4 Å². The summed E-state index contributed by atoms with van der Waals surface area (Å²) in [6, 6.07) is 22.4. The second kappa shape index (κ2) is 9.24. The third kappa shape index (κ3) is 5.11. The number of hydrogen-bond acceptors (Lipinski definition) is 3. The van der Waals surface area contributed by atoms with Gasteiger partial charge in [0.25, 0.3) is 0 Å². The van der Waals surface area contributed by atoms with Gasteiger partial charge < -0.3 is 4.57 Å². The van der Waals surface area contributed by atoms with Gasteiger partial charge in [-0.15, -0.1) is 11.8 Å². The lowest BCUT2D eigenvalue weighted by Crippen LogP contribution is -2.19. The highest BCUT2D eigenvalue weighted by Crippen LogP contribution is 2.19. The van der Waals surface area contributed by atoms with Crippen LogP contribution in [0, 0.1) is 13.8 Å². The lowest BCUT2D eigenvalue weighted by atomic mass is 10.2. The molecule has 138 valence electrons. The van der Waals surface area contributed by atoms with Gasteiger partial charge in [0.15, 0.2) is 0 Å². The van der Waals surface area contributed by atoms with E-state index in [1.807, 2.05) is 36.4 Å². The third-order valence-electron chi connectivity index (χ3n) is 4.22. The van der Waals surface area contributed by atoms with E-state index < -0.39 is 0 Å². The van der Waals surface area contributed by atoms with Crippen LogP contribution in [0.3, 0.4) is 0 Å². The zero-order valence-corrected chi connectivity index (χ0v) is 16.4. The van der Waals surface area contributed by atoms with Crippen molar-refractivity contribution >= 4 is 23.9 Å². The van der Waals surface area contributed by atoms with E-state index >= 15 is 0 Å². The maximum atomic E-state index is 12.0. The van der Waals surface area contributed by atoms with E-state index in [2.05, 4.69) is 59.3 Å². The topological polar surface area (TPSA) is 46.4 Å². The number of nitrogens with zero attached hydrogens (tertiary/aromatic N) is 2. The lowest BCUT2D eigenvalue weighted by Gasteiger charge is -2.08. The van der Waals surface area contributed by atoms with Crippen LogP contribution < -0.4 is 5.43 Å². The van der Waals surface area contributed by atoms with Crippen LogP contribution in [-0.4, -0.2) is 22.4 Å². The van der Waals surface area contributed by atoms with Crippen molar-refractivity contribution in [3.8, 4) is 5.69 Å². The fourth-order valence-electron chi connectivity index (χ4n) is 2.93. The molecule has 0 atom stereocenters. The van der Waals surface area contributed by atoms with E-state index in [1.54, 1.807) is 18.0 Å². The molecule has 0 spiro atoms. The first-order chi connectivity index (χ1) is 13.1. The van der Waals surface area contributed by atoms with E-state index in [0.717, 1.165) is 28.4 Å². The number of amides is 1. The zero-order chi connectivity index (χ0) is 19.1. The normalized spacial score (nSPS) is 11.0. The first-order valence-corrected chi connectivity index (χ1v) is 9.98. The molecule has 0 unspecified atom stereocenters. The van der Waals surface area contributed by atoms with Crippen molar-refractivity contribution in [1.82, 2.24) is 9.99 Å². The van der Waals surface area contributed by atoms with Crippen molar-refractivity contribution in [3.05, 3.63) is 89.2 Å². The average Bonchev–Trinajstić information content (AvgIpc) is 2.97. The summed E-state index contributed by atoms with van der Waals surface area (Å²) in [6.45, 7) is 4.12. The Morgan fingerprint density at radius 2 is 1.74 bits per heavy atom. The van der Waals surface area contributed by atoms with Crippen LogP contribution in [0.4, 0.5) is 0 Å². The zero-order valence-electron chi connectivity index (χ0n) is 15.6. The van der Waals surface area contributed by atoms with Gasteiger partial charge in [-0.2, -0.15) is 5.10 Å². The van der Waals surface area contributed by atoms with Crippen LogP contribution in [0.25, 0.3) is 5.69 Å². The van der Waals surface area contributed by atoms with Crippen molar-refractivity contribution in [2.24, 2.45) is 5.10 Å². The van der Waals surface area contributed by atoms with E-state index in [0.29, 0.717) is 5.75 Å². The standard InChI is InChI=1S/C22H23N3OS/c1-17-13-20(18(2)25(17)21-11-7-4-8-12-21)14-23-24-22(26)16-27-15-19-9-5-3-6-10-19/h3-14H,15-16H2,1-2H3,(H,24,26)/b23-14+. The molecule has 1 amide bonds. The Bertz CT molecular complexity index is 917. The number of rotatable bonds is 7. The molecule has 0 fully saturated rings. The van der Waals surface area contributed by atoms with Gasteiger partial charge in [0.05, 0.1) is 12.0 Å². The fourth-order valence-corrected chi connectivity index (χ4v) is 3.71. The molecule has 1 heterocycles. The van der Waals surface area contributed by atoms with Gasteiger partial charge in [-0.1, -0.05) is 48.5 Å². The Morgan fingerprint density at radius 1 is 1.07 bits per heavy atom. The molecule has 2 aromatic carbocycles. The van der Waals surface area contributed by atoms with Gasteiger partial charge in [-0.05, 0) is 37.6 Å². The molecule has 27 heavy (non-hydrogen) atoms. The van der Waals surface area contributed by atoms with E-state index in [9.17, 15) is 4.79 Å². The summed E-state index contributed by atoms with van der Waals surface area (Å²) in [5.74, 6) is 1.11. The number of nitrogens with one attached hydrogen (secondary N) is 1. The molecule has 0 saturated heterocycles. The number of carbonyl (C=O) groups is 1. The van der Waals surface area contributed by atoms with Crippen LogP contribution in [-0.2, 0) is 10.5 Å². The molecule has 5 heteroatoms. The van der Waals surface area contributed by atoms with Crippen molar-refractivity contribution < 1.29 is 4.79 Å². The highest BCUT2D eigenvalue weighted by molar-refractivity contribution is 7.99. The van der Waals surface area contributed by atoms with Gasteiger partial charge >= 0.3 is 0 Å². The van der Waals surface area contributed by atoms with Gasteiger partial charge in [0.1, 0.15) is 0 Å². The summed E-state index contributed by atoms with van der Waals surface area (Å²) >= 11 is 1.58. The Balaban J connectivity index is 1.54. The molecule has 4 nitrogen and oxygen atoms in total. The summed E-state index contributed by atoms with van der Waals surface area (Å²) < 4.78 is 2.18. The van der Waals surface area contributed by atoms with Crippen LogP contribution >= 0.6 is 11.8 Å². The van der Waals surface area contributed by atoms with Crippen molar-refractivity contribution in [2.45, 2.75) is 19.6 Å². The Hall–Kier alpha value is -2.79. The van der Waals surface area contributed by atoms with Crippen LogP contribution in [0.15, 0.2) is 71.8 Å². The maximum Gasteiger partial charge on any atom is 0.250 e. The van der Waals surface area contributed by atoms with Gasteiger partial charge in [-0.25, -0.2) is 5.43 Å². The van der Waals surface area contributed by atoms with Crippen LogP contribution in [0.5, 0.6) is 0 Å². The number of benzene rings is 2. The quantitative estimate of drug-likeness (QED) is 0.487. The number of hydrazone groups is 1. The summed E-state index contributed by atoms with van der Waals surface area (Å²) in [7, 11) is 0. The first kappa shape index (κ1) is 19.0. The summed E-state index contributed by atoms with van der Waals surface area (Å²) in [4.78, 5) is 12.0. The number of para-hydroxylation sites is 1. The van der Waals surface area contributed by atoms with Crippen molar-refractivity contribution in [2.75, 3.05) is 5.75 Å². The minimum Gasteiger partial charge on any atom is -0.318 e. The fraction of sp³-hybridized carbons (Fsp3) is 0.182. The number of hydrogen-bond donors (Lipinski definition) is 1. The third-order valence-corrected chi connectivity index (χ3v) is 5.23. The number of carbonyl (C=O) groups excluding carboxylic acids is 1. The average molecular weight is 378 g/mol. The molecule has 0 radical (unpaired) electrons. The first-order valence-electron chi connectivity index (χ1n) is 8.83. The molecule has 0 aliphatic heterocycles. The monoisotopic (exact) mass is 377 g/mol. The highest BCUT2D eigenvalue weighted by Gasteiger charge is 2.09. The minimum absolute atomic E-state index is 0.0935. The molecule has 3 aromatic rings. The Morgan fingerprint density at radius 3 is 2.44 bits per heavy atom. The Kier molecular flexibility index (Phi) is 6.49. The van der Waals surface area contributed by atoms with E-state index in [-0.39, 0.29) is 5.91 Å². The SMILES string of the molecule is Cc1cc(/C=N/NC(=O)CSCc2ccccc2)c(C)n1-c1ccccc1. The molecule has 0 aliphatic rings. The van der Waals surface area contributed by atoms with Crippen LogP contribution in [0.1, 0.15) is 22.5 Å². The molecular weight excluding hydrogens is 354 g/mol. The minimum atomic E-state index is -0.0935. The molecule has 0 aliphatic carbocycles.